The third-order valence-electron chi connectivity index (χ3n) is 5.90. The number of nitrogens with zero attached hydrogens (tertiary/aromatic N) is 1. The molecule has 0 bridgehead atoms. The van der Waals surface area contributed by atoms with Crippen LogP contribution in [0.3, 0.4) is 0 Å². The quantitative estimate of drug-likeness (QED) is 0.119. The van der Waals surface area contributed by atoms with Crippen LogP contribution in [-0.4, -0.2) is 73.7 Å². The Morgan fingerprint density at radius 1 is 0.875 bits per heavy atom. The lowest BCUT2D eigenvalue weighted by Crippen LogP contribution is -2.45. The van der Waals surface area contributed by atoms with E-state index in [-0.39, 0.29) is 30.5 Å². The van der Waals surface area contributed by atoms with E-state index in [4.69, 9.17) is 0 Å². The average Bonchev–Trinajstić information content (AvgIpc) is 3.55. The number of aromatic nitrogens is 1. The first-order valence-electron chi connectivity index (χ1n) is 12.2. The van der Waals surface area contributed by atoms with Gasteiger partial charge in [-0.15, -0.1) is 0 Å². The normalized spacial score (nSPS) is 14.0. The molecule has 2 heterocycles. The summed E-state index contributed by atoms with van der Waals surface area (Å²) >= 11 is 3.82. The first-order valence-corrected chi connectivity index (χ1v) is 14.5. The molecule has 3 rings (SSSR count). The molecule has 1 aliphatic rings. The van der Waals surface area contributed by atoms with Gasteiger partial charge in [-0.1, -0.05) is 36.9 Å². The van der Waals surface area contributed by atoms with Gasteiger partial charge < -0.3 is 25.8 Å². The molecular formula is C25H30N6O7S2. The predicted molar refractivity (Wildman–Crippen MR) is 149 cm³/mol. The molecule has 15 heteroatoms. The van der Waals surface area contributed by atoms with Gasteiger partial charge in [0.2, 0.25) is 29.4 Å². The summed E-state index contributed by atoms with van der Waals surface area (Å²) in [7, 11) is -4.23. The summed E-state index contributed by atoms with van der Waals surface area (Å²) in [6.45, 7) is 3.39. The summed E-state index contributed by atoms with van der Waals surface area (Å²) in [4.78, 5) is 60.6. The van der Waals surface area contributed by atoms with Crippen molar-refractivity contribution >= 4 is 52.1 Å². The van der Waals surface area contributed by atoms with E-state index in [2.05, 4.69) is 40.5 Å². The summed E-state index contributed by atoms with van der Waals surface area (Å²) < 4.78 is 28.5. The second kappa shape index (κ2) is 13.8. The number of carbonyl (C=O) groups excluding carboxylic acids is 5. The van der Waals surface area contributed by atoms with Crippen molar-refractivity contribution in [1.29, 1.82) is 0 Å². The number of thiol groups is 1. The number of benzene rings is 1. The molecular weight excluding hydrogens is 560 g/mol. The highest BCUT2D eigenvalue weighted by Gasteiger charge is 2.33. The molecule has 2 aromatic rings. The summed E-state index contributed by atoms with van der Waals surface area (Å²) in [6.07, 6.45) is 0.313. The minimum atomic E-state index is -4.23. The van der Waals surface area contributed by atoms with E-state index >= 15 is 0 Å². The van der Waals surface area contributed by atoms with Crippen molar-refractivity contribution in [2.75, 3.05) is 31.3 Å². The van der Waals surface area contributed by atoms with Crippen LogP contribution in [0.25, 0.3) is 0 Å². The van der Waals surface area contributed by atoms with Gasteiger partial charge in [0.1, 0.15) is 5.88 Å². The number of ketones is 1. The maximum atomic E-state index is 12.8. The van der Waals surface area contributed by atoms with E-state index in [9.17, 15) is 32.4 Å². The summed E-state index contributed by atoms with van der Waals surface area (Å²) in [6, 6.07) is 11.9. The van der Waals surface area contributed by atoms with E-state index in [1.807, 2.05) is 4.72 Å². The SMILES string of the molecule is C=C(CNC(=O)CS)NCC(=O)NCC(=O)NCS(=O)(=O)NC(=O)C1CCn2c(C(=O)c3ccccc3)ccc21. The number of hydrogen-bond donors (Lipinski definition) is 6. The molecule has 4 amide bonds. The van der Waals surface area contributed by atoms with Gasteiger partial charge in [-0.2, -0.15) is 12.6 Å². The Bertz CT molecular complexity index is 1410. The zero-order valence-electron chi connectivity index (χ0n) is 21.4. The van der Waals surface area contributed by atoms with Gasteiger partial charge in [-0.3, -0.25) is 28.7 Å². The molecule has 1 unspecified atom stereocenters. The number of amides is 4. The molecule has 1 atom stereocenters. The Kier molecular flexibility index (Phi) is 10.5. The average molecular weight is 591 g/mol. The van der Waals surface area contributed by atoms with Gasteiger partial charge in [-0.05, 0) is 18.6 Å². The van der Waals surface area contributed by atoms with Crippen LogP contribution in [0.5, 0.6) is 0 Å². The number of nitrogens with one attached hydrogen (secondary N) is 5. The molecule has 5 N–H and O–H groups in total. The monoisotopic (exact) mass is 590 g/mol. The van der Waals surface area contributed by atoms with Crippen LogP contribution in [0.15, 0.2) is 54.7 Å². The second-order valence-corrected chi connectivity index (χ2v) is 10.9. The minimum Gasteiger partial charge on any atom is -0.379 e. The Morgan fingerprint density at radius 3 is 2.23 bits per heavy atom. The van der Waals surface area contributed by atoms with Gasteiger partial charge in [-0.25, -0.2) is 8.42 Å². The van der Waals surface area contributed by atoms with Gasteiger partial charge >= 0.3 is 0 Å². The van der Waals surface area contributed by atoms with Crippen molar-refractivity contribution in [3.63, 3.8) is 0 Å². The van der Waals surface area contributed by atoms with Crippen LogP contribution in [0.4, 0.5) is 0 Å². The molecule has 1 aliphatic heterocycles. The van der Waals surface area contributed by atoms with Crippen LogP contribution < -0.4 is 26.0 Å². The maximum absolute atomic E-state index is 12.8. The van der Waals surface area contributed by atoms with Crippen molar-refractivity contribution in [2.45, 2.75) is 18.9 Å². The largest absolute Gasteiger partial charge is 0.379 e. The van der Waals surface area contributed by atoms with Crippen molar-refractivity contribution in [3.8, 4) is 0 Å². The number of rotatable bonds is 14. The van der Waals surface area contributed by atoms with Crippen molar-refractivity contribution in [3.05, 3.63) is 71.7 Å². The third-order valence-corrected chi connectivity index (χ3v) is 7.22. The molecule has 13 nitrogen and oxygen atoms in total. The summed E-state index contributed by atoms with van der Waals surface area (Å²) in [5, 5.41) is 9.62. The zero-order valence-corrected chi connectivity index (χ0v) is 23.1. The molecule has 0 aliphatic carbocycles. The Hall–Kier alpha value is -4.11. The molecule has 214 valence electrons. The Morgan fingerprint density at radius 2 is 1.52 bits per heavy atom. The van der Waals surface area contributed by atoms with E-state index < -0.39 is 46.1 Å². The second-order valence-electron chi connectivity index (χ2n) is 8.83. The number of hydrogen-bond acceptors (Lipinski definition) is 9. The minimum absolute atomic E-state index is 0.00915. The first kappa shape index (κ1) is 30.4. The topological polar surface area (TPSA) is 185 Å². The van der Waals surface area contributed by atoms with E-state index in [1.165, 1.54) is 0 Å². The number of carbonyl (C=O) groups is 5. The van der Waals surface area contributed by atoms with E-state index in [0.29, 0.717) is 35.6 Å². The Balaban J connectivity index is 1.43. The fourth-order valence-electron chi connectivity index (χ4n) is 3.91. The zero-order chi connectivity index (χ0) is 29.3. The van der Waals surface area contributed by atoms with Crippen LogP contribution in [-0.2, 0) is 35.7 Å². The van der Waals surface area contributed by atoms with Crippen molar-refractivity contribution < 1.29 is 32.4 Å². The summed E-state index contributed by atoms with van der Waals surface area (Å²) in [5.41, 5.74) is 1.81. The fourth-order valence-corrected chi connectivity index (χ4v) is 4.90. The highest BCUT2D eigenvalue weighted by Crippen LogP contribution is 2.31. The molecule has 1 aromatic carbocycles. The van der Waals surface area contributed by atoms with E-state index in [0.717, 1.165) is 0 Å². The third kappa shape index (κ3) is 8.44. The molecule has 40 heavy (non-hydrogen) atoms. The van der Waals surface area contributed by atoms with Crippen molar-refractivity contribution in [1.82, 2.24) is 30.6 Å². The lowest BCUT2D eigenvalue weighted by atomic mass is 10.0. The first-order chi connectivity index (χ1) is 19.0. The maximum Gasteiger partial charge on any atom is 0.253 e. The highest BCUT2D eigenvalue weighted by atomic mass is 32.2. The number of fused-ring (bicyclic) bond motifs is 1. The molecule has 0 saturated carbocycles. The molecule has 0 spiro atoms. The lowest BCUT2D eigenvalue weighted by molar-refractivity contribution is -0.125. The number of sulfonamides is 1. The fraction of sp³-hybridized carbons (Fsp3) is 0.320. The molecule has 1 aromatic heterocycles. The van der Waals surface area contributed by atoms with Gasteiger partial charge in [0, 0.05) is 23.5 Å². The van der Waals surface area contributed by atoms with E-state index in [1.54, 1.807) is 47.0 Å². The molecule has 0 saturated heterocycles. The smallest absolute Gasteiger partial charge is 0.253 e. The van der Waals surface area contributed by atoms with Crippen LogP contribution in [0.2, 0.25) is 0 Å². The predicted octanol–water partition coefficient (Wildman–Crippen LogP) is -1.01. The molecule has 0 fully saturated rings. The highest BCUT2D eigenvalue weighted by molar-refractivity contribution is 7.90. The summed E-state index contributed by atoms with van der Waals surface area (Å²) in [5.74, 6) is -4.28. The van der Waals surface area contributed by atoms with Gasteiger partial charge in [0.25, 0.3) is 10.0 Å². The van der Waals surface area contributed by atoms with Gasteiger partial charge in [0.05, 0.1) is 37.0 Å². The lowest BCUT2D eigenvalue weighted by Gasteiger charge is -2.13. The van der Waals surface area contributed by atoms with Crippen molar-refractivity contribution in [2.24, 2.45) is 0 Å². The van der Waals surface area contributed by atoms with Crippen LogP contribution >= 0.6 is 12.6 Å². The standard InChI is InChI=1S/C25H30N6O7S2/c1-16(11-27-23(34)14-39)26-12-21(32)28-13-22(33)29-15-40(37,38)30-25(36)18-9-10-31-19(18)7-8-20(31)24(35)17-5-3-2-4-6-17/h2-8,18,26,39H,1,9-15H2,(H,27,34)(H,28,32)(H,29,33)(H,30,36). The van der Waals surface area contributed by atoms with Crippen LogP contribution in [0.1, 0.15) is 34.1 Å². The van der Waals surface area contributed by atoms with Gasteiger partial charge in [0.15, 0.2) is 0 Å². The Labute approximate surface area is 236 Å². The van der Waals surface area contributed by atoms with Crippen LogP contribution in [0, 0.1) is 0 Å². The molecule has 0 radical (unpaired) electrons.